The summed E-state index contributed by atoms with van der Waals surface area (Å²) in [6.07, 6.45) is 0. The lowest BCUT2D eigenvalue weighted by atomic mass is 10.2. The number of rotatable bonds is 11. The van der Waals surface area contributed by atoms with Crippen molar-refractivity contribution in [1.29, 1.82) is 0 Å². The molecule has 0 atom stereocenters. The van der Waals surface area contributed by atoms with Crippen LogP contribution in [0.2, 0.25) is 0 Å². The summed E-state index contributed by atoms with van der Waals surface area (Å²) in [4.78, 5) is 24.7. The first-order chi connectivity index (χ1) is 15.6. The van der Waals surface area contributed by atoms with Crippen molar-refractivity contribution in [2.24, 2.45) is 0 Å². The van der Waals surface area contributed by atoms with Crippen LogP contribution in [-0.4, -0.2) is 65.6 Å². The molecule has 11 heteroatoms. The summed E-state index contributed by atoms with van der Waals surface area (Å²) >= 11 is 0. The Morgan fingerprint density at radius 3 is 2.18 bits per heavy atom. The van der Waals surface area contributed by atoms with Gasteiger partial charge in [0.15, 0.2) is 18.1 Å². The zero-order chi connectivity index (χ0) is 24.6. The molecule has 0 aliphatic rings. The lowest BCUT2D eigenvalue weighted by Crippen LogP contribution is -2.23. The van der Waals surface area contributed by atoms with E-state index in [9.17, 15) is 18.0 Å². The highest BCUT2D eigenvalue weighted by Crippen LogP contribution is 2.30. The average molecular weight is 481 g/mol. The molecule has 0 saturated carbocycles. The minimum absolute atomic E-state index is 0.0292. The third kappa shape index (κ3) is 6.59. The molecular formula is C22H28N2O8S. The minimum atomic E-state index is -3.72. The number of hydrogen-bond donors (Lipinski definition) is 1. The maximum absolute atomic E-state index is 12.4. The van der Waals surface area contributed by atoms with E-state index >= 15 is 0 Å². The Bertz CT molecular complexity index is 1100. The van der Waals surface area contributed by atoms with Gasteiger partial charge in [-0.25, -0.2) is 17.5 Å². The van der Waals surface area contributed by atoms with E-state index in [0.717, 1.165) is 4.31 Å². The van der Waals surface area contributed by atoms with E-state index in [4.69, 9.17) is 18.9 Å². The Morgan fingerprint density at radius 1 is 0.939 bits per heavy atom. The van der Waals surface area contributed by atoms with Crippen LogP contribution in [0.3, 0.4) is 0 Å². The van der Waals surface area contributed by atoms with Crippen LogP contribution in [0.5, 0.6) is 17.2 Å². The fraction of sp³-hybridized carbons (Fsp3) is 0.364. The van der Waals surface area contributed by atoms with Crippen molar-refractivity contribution in [3.05, 3.63) is 42.0 Å². The van der Waals surface area contributed by atoms with Crippen molar-refractivity contribution >= 4 is 27.6 Å². The van der Waals surface area contributed by atoms with Crippen LogP contribution in [0.4, 0.5) is 5.69 Å². The topological polar surface area (TPSA) is 120 Å². The Labute approximate surface area is 193 Å². The van der Waals surface area contributed by atoms with Crippen molar-refractivity contribution in [3.8, 4) is 17.2 Å². The summed E-state index contributed by atoms with van der Waals surface area (Å²) in [6, 6.07) is 8.64. The number of esters is 1. The fourth-order valence-electron chi connectivity index (χ4n) is 2.73. The van der Waals surface area contributed by atoms with Gasteiger partial charge in [0.25, 0.3) is 5.91 Å². The maximum Gasteiger partial charge on any atom is 0.338 e. The molecule has 10 nitrogen and oxygen atoms in total. The second-order valence-corrected chi connectivity index (χ2v) is 8.95. The molecule has 0 aliphatic carbocycles. The second-order valence-electron chi connectivity index (χ2n) is 6.80. The molecule has 0 aliphatic heterocycles. The van der Waals surface area contributed by atoms with E-state index in [0.29, 0.717) is 24.7 Å². The Balaban J connectivity index is 2.11. The van der Waals surface area contributed by atoms with Crippen molar-refractivity contribution in [3.63, 3.8) is 0 Å². The molecule has 2 rings (SSSR count). The predicted octanol–water partition coefficient (Wildman–Crippen LogP) is 2.54. The monoisotopic (exact) mass is 480 g/mol. The molecule has 2 aromatic rings. The Morgan fingerprint density at radius 2 is 1.58 bits per heavy atom. The highest BCUT2D eigenvalue weighted by atomic mass is 32.2. The first kappa shape index (κ1) is 25.9. The van der Waals surface area contributed by atoms with E-state index < -0.39 is 28.5 Å². The third-order valence-corrected chi connectivity index (χ3v) is 6.15. The number of nitrogens with one attached hydrogen (secondary N) is 1. The third-order valence-electron chi connectivity index (χ3n) is 4.34. The normalized spacial score (nSPS) is 11.1. The summed E-state index contributed by atoms with van der Waals surface area (Å²) in [6.45, 7) is 3.86. The average Bonchev–Trinajstić information content (AvgIpc) is 2.78. The van der Waals surface area contributed by atoms with Gasteiger partial charge in [-0.05, 0) is 50.2 Å². The first-order valence-corrected chi connectivity index (χ1v) is 11.5. The second kappa shape index (κ2) is 11.5. The first-order valence-electron chi connectivity index (χ1n) is 10.1. The van der Waals surface area contributed by atoms with Gasteiger partial charge in [0.2, 0.25) is 10.0 Å². The largest absolute Gasteiger partial charge is 0.495 e. The summed E-state index contributed by atoms with van der Waals surface area (Å²) in [5, 5.41) is 2.51. The number of sulfonamides is 1. The van der Waals surface area contributed by atoms with E-state index in [1.165, 1.54) is 51.5 Å². The Hall–Kier alpha value is -3.31. The van der Waals surface area contributed by atoms with Crippen LogP contribution < -0.4 is 19.5 Å². The van der Waals surface area contributed by atoms with E-state index in [1.807, 2.05) is 6.92 Å². The maximum atomic E-state index is 12.4. The molecule has 0 heterocycles. The van der Waals surface area contributed by atoms with Gasteiger partial charge in [-0.1, -0.05) is 0 Å². The van der Waals surface area contributed by atoms with Crippen molar-refractivity contribution in [1.82, 2.24) is 4.31 Å². The number of hydrogen-bond acceptors (Lipinski definition) is 8. The van der Waals surface area contributed by atoms with Crippen LogP contribution in [0.1, 0.15) is 24.2 Å². The van der Waals surface area contributed by atoms with Gasteiger partial charge in [-0.2, -0.15) is 0 Å². The smallest absolute Gasteiger partial charge is 0.338 e. The number of carbonyl (C=O) groups is 2. The number of amides is 1. The van der Waals surface area contributed by atoms with Crippen molar-refractivity contribution in [2.45, 2.75) is 18.7 Å². The quantitative estimate of drug-likeness (QED) is 0.487. The molecule has 2 aromatic carbocycles. The number of anilines is 1. The summed E-state index contributed by atoms with van der Waals surface area (Å²) in [5.41, 5.74) is 0.313. The van der Waals surface area contributed by atoms with Crippen molar-refractivity contribution < 1.29 is 37.0 Å². The van der Waals surface area contributed by atoms with E-state index in [1.54, 1.807) is 13.0 Å². The van der Waals surface area contributed by atoms with Crippen LogP contribution >= 0.6 is 0 Å². The van der Waals surface area contributed by atoms with Gasteiger partial charge in [0.1, 0.15) is 5.75 Å². The zero-order valence-electron chi connectivity index (χ0n) is 19.2. The number of methoxy groups -OCH3 is 1. The van der Waals surface area contributed by atoms with Crippen LogP contribution in [0.25, 0.3) is 0 Å². The number of carbonyl (C=O) groups excluding carboxylic acids is 2. The molecule has 0 unspecified atom stereocenters. The molecule has 1 N–H and O–H groups in total. The number of benzene rings is 2. The molecule has 1 amide bonds. The summed E-state index contributed by atoms with van der Waals surface area (Å²) in [5.74, 6) is -0.266. The van der Waals surface area contributed by atoms with Gasteiger partial charge < -0.3 is 24.3 Å². The van der Waals surface area contributed by atoms with Gasteiger partial charge in [-0.15, -0.1) is 0 Å². The van der Waals surface area contributed by atoms with Crippen LogP contribution in [0, 0.1) is 0 Å². The number of nitrogens with zero attached hydrogens (tertiary/aromatic N) is 1. The molecule has 0 aromatic heterocycles. The van der Waals surface area contributed by atoms with E-state index in [2.05, 4.69) is 5.32 Å². The van der Waals surface area contributed by atoms with Gasteiger partial charge in [0, 0.05) is 14.1 Å². The minimum Gasteiger partial charge on any atom is -0.495 e. The summed E-state index contributed by atoms with van der Waals surface area (Å²) < 4.78 is 47.0. The van der Waals surface area contributed by atoms with E-state index in [-0.39, 0.29) is 21.9 Å². The predicted molar refractivity (Wildman–Crippen MR) is 122 cm³/mol. The molecule has 0 fully saturated rings. The molecule has 0 bridgehead atoms. The van der Waals surface area contributed by atoms with Crippen LogP contribution in [0.15, 0.2) is 41.3 Å². The van der Waals surface area contributed by atoms with Gasteiger partial charge in [-0.3, -0.25) is 4.79 Å². The lowest BCUT2D eigenvalue weighted by molar-refractivity contribution is -0.119. The standard InChI is InChI=1S/C22H28N2O8S/c1-6-30-19-10-8-15(12-20(19)31-7-2)22(26)32-14-21(25)23-17-13-16(9-11-18(17)29-5)33(27,28)24(3)4/h8-13H,6-7,14H2,1-5H3,(H,23,25). The highest BCUT2D eigenvalue weighted by Gasteiger charge is 2.20. The Kier molecular flexibility index (Phi) is 9.06. The molecule has 33 heavy (non-hydrogen) atoms. The van der Waals surface area contributed by atoms with Crippen LogP contribution in [-0.2, 0) is 19.6 Å². The van der Waals surface area contributed by atoms with Gasteiger partial charge in [0.05, 0.1) is 36.5 Å². The molecule has 0 radical (unpaired) electrons. The lowest BCUT2D eigenvalue weighted by Gasteiger charge is -2.15. The molecular weight excluding hydrogens is 452 g/mol. The van der Waals surface area contributed by atoms with Gasteiger partial charge >= 0.3 is 5.97 Å². The molecule has 0 saturated heterocycles. The molecule has 0 spiro atoms. The fourth-order valence-corrected chi connectivity index (χ4v) is 3.66. The molecule has 180 valence electrons. The summed E-state index contributed by atoms with van der Waals surface area (Å²) in [7, 11) is 0.458. The highest BCUT2D eigenvalue weighted by molar-refractivity contribution is 7.89. The zero-order valence-corrected chi connectivity index (χ0v) is 20.0. The number of ether oxygens (including phenoxy) is 4. The SMILES string of the molecule is CCOc1ccc(C(=O)OCC(=O)Nc2cc(S(=O)(=O)N(C)C)ccc2OC)cc1OCC. The van der Waals surface area contributed by atoms with Crippen molar-refractivity contribution in [2.75, 3.05) is 46.3 Å².